The summed E-state index contributed by atoms with van der Waals surface area (Å²) in [6, 6.07) is 0.475. The second kappa shape index (κ2) is 6.60. The number of hydrogen-bond donors (Lipinski definition) is 1. The first-order valence-electron chi connectivity index (χ1n) is 5.85. The molecule has 5 nitrogen and oxygen atoms in total. The molecule has 1 aromatic rings. The smallest absolute Gasteiger partial charge is 0.122 e. The Kier molecular flexibility index (Phi) is 5.42. The van der Waals surface area contributed by atoms with Gasteiger partial charge >= 0.3 is 0 Å². The summed E-state index contributed by atoms with van der Waals surface area (Å²) in [4.78, 5) is 2.23. The van der Waals surface area contributed by atoms with E-state index in [2.05, 4.69) is 33.7 Å². The molecule has 0 saturated heterocycles. The molecule has 0 fully saturated rings. The number of aromatic nitrogens is 2. The van der Waals surface area contributed by atoms with E-state index >= 15 is 0 Å². The number of aliphatic hydroxyl groups excluding tert-OH is 1. The lowest BCUT2D eigenvalue weighted by atomic mass is 10.1. The lowest BCUT2D eigenvalue weighted by Crippen LogP contribution is -2.36. The molecule has 0 amide bonds. The van der Waals surface area contributed by atoms with Crippen LogP contribution in [0.2, 0.25) is 0 Å². The first kappa shape index (κ1) is 13.1. The Morgan fingerprint density at radius 2 is 2.00 bits per heavy atom. The van der Waals surface area contributed by atoms with Crippen LogP contribution in [0.15, 0.2) is 4.63 Å². The summed E-state index contributed by atoms with van der Waals surface area (Å²) in [6.45, 7) is 7.73. The summed E-state index contributed by atoms with van der Waals surface area (Å²) >= 11 is 0. The minimum atomic E-state index is 0.167. The Morgan fingerprint density at radius 1 is 1.31 bits per heavy atom. The lowest BCUT2D eigenvalue weighted by Gasteiger charge is -2.28. The predicted octanol–water partition coefficient (Wildman–Crippen LogP) is 1.36. The monoisotopic (exact) mass is 227 g/mol. The second-order valence-electron chi connectivity index (χ2n) is 3.96. The van der Waals surface area contributed by atoms with Gasteiger partial charge in [-0.15, -0.1) is 0 Å². The van der Waals surface area contributed by atoms with Crippen molar-refractivity contribution in [3.05, 3.63) is 11.4 Å². The summed E-state index contributed by atoms with van der Waals surface area (Å²) in [7, 11) is 0. The molecule has 0 atom stereocenters. The van der Waals surface area contributed by atoms with Crippen LogP contribution in [-0.4, -0.2) is 39.5 Å². The van der Waals surface area contributed by atoms with E-state index in [-0.39, 0.29) is 6.61 Å². The third kappa shape index (κ3) is 3.28. The van der Waals surface area contributed by atoms with Crippen molar-refractivity contribution in [1.82, 2.24) is 15.2 Å². The van der Waals surface area contributed by atoms with Crippen molar-refractivity contribution in [2.24, 2.45) is 0 Å². The van der Waals surface area contributed by atoms with E-state index in [1.165, 1.54) is 0 Å². The van der Waals surface area contributed by atoms with Gasteiger partial charge in [0.25, 0.3) is 0 Å². The number of aliphatic hydroxyl groups is 1. The number of hydrogen-bond acceptors (Lipinski definition) is 5. The topological polar surface area (TPSA) is 62.4 Å². The molecule has 0 bridgehead atoms. The van der Waals surface area contributed by atoms with Crippen LogP contribution in [0.25, 0.3) is 0 Å². The maximum absolute atomic E-state index is 9.07. The highest BCUT2D eigenvalue weighted by atomic mass is 16.6. The highest BCUT2D eigenvalue weighted by Gasteiger charge is 2.17. The maximum Gasteiger partial charge on any atom is 0.122 e. The molecule has 5 heteroatoms. The first-order valence-corrected chi connectivity index (χ1v) is 5.85. The molecule has 0 spiro atoms. The molecule has 1 N–H and O–H groups in total. The van der Waals surface area contributed by atoms with Crippen LogP contribution in [0.4, 0.5) is 0 Å². The van der Waals surface area contributed by atoms with Crippen molar-refractivity contribution in [3.8, 4) is 0 Å². The van der Waals surface area contributed by atoms with Crippen molar-refractivity contribution >= 4 is 0 Å². The molecule has 0 aliphatic heterocycles. The van der Waals surface area contributed by atoms with Gasteiger partial charge in [0, 0.05) is 19.1 Å². The molecule has 0 radical (unpaired) electrons. The van der Waals surface area contributed by atoms with Gasteiger partial charge in [-0.3, -0.25) is 4.90 Å². The zero-order valence-corrected chi connectivity index (χ0v) is 10.3. The zero-order chi connectivity index (χ0) is 12.0. The average Bonchev–Trinajstić information content (AvgIpc) is 2.66. The SMILES string of the molecule is CCC(CC)N(CCO)Cc1nonc1C. The molecule has 1 aromatic heterocycles. The van der Waals surface area contributed by atoms with Crippen LogP contribution in [0.1, 0.15) is 38.1 Å². The third-order valence-electron chi connectivity index (χ3n) is 2.95. The van der Waals surface area contributed by atoms with Crippen LogP contribution in [0.5, 0.6) is 0 Å². The quantitative estimate of drug-likeness (QED) is 0.762. The van der Waals surface area contributed by atoms with Crippen LogP contribution < -0.4 is 0 Å². The predicted molar refractivity (Wildman–Crippen MR) is 60.9 cm³/mol. The Balaban J connectivity index is 2.67. The van der Waals surface area contributed by atoms with Crippen molar-refractivity contribution in [3.63, 3.8) is 0 Å². The molecular formula is C11H21N3O2. The van der Waals surface area contributed by atoms with Crippen LogP contribution in [-0.2, 0) is 6.54 Å². The summed E-state index contributed by atoms with van der Waals surface area (Å²) in [6.07, 6.45) is 2.14. The normalized spacial score (nSPS) is 11.6. The van der Waals surface area contributed by atoms with E-state index in [1.807, 2.05) is 6.92 Å². The van der Waals surface area contributed by atoms with Gasteiger partial charge in [-0.05, 0) is 19.8 Å². The summed E-state index contributed by atoms with van der Waals surface area (Å²) in [5, 5.41) is 16.7. The fourth-order valence-electron chi connectivity index (χ4n) is 1.91. The first-order chi connectivity index (χ1) is 7.72. The molecule has 0 unspecified atom stereocenters. The Labute approximate surface area is 96.4 Å². The Hall–Kier alpha value is -0.940. The fourth-order valence-corrected chi connectivity index (χ4v) is 1.91. The van der Waals surface area contributed by atoms with E-state index in [9.17, 15) is 0 Å². The molecule has 1 heterocycles. The van der Waals surface area contributed by atoms with Gasteiger partial charge in [0.2, 0.25) is 0 Å². The highest BCUT2D eigenvalue weighted by Crippen LogP contribution is 2.13. The zero-order valence-electron chi connectivity index (χ0n) is 10.3. The maximum atomic E-state index is 9.07. The Bertz CT molecular complexity index is 297. The molecule has 0 aliphatic carbocycles. The molecular weight excluding hydrogens is 206 g/mol. The largest absolute Gasteiger partial charge is 0.395 e. The minimum Gasteiger partial charge on any atom is -0.395 e. The van der Waals surface area contributed by atoms with E-state index in [1.54, 1.807) is 0 Å². The van der Waals surface area contributed by atoms with Crippen LogP contribution in [0.3, 0.4) is 0 Å². The van der Waals surface area contributed by atoms with Gasteiger partial charge in [0.1, 0.15) is 11.4 Å². The number of aryl methyl sites for hydroxylation is 1. The van der Waals surface area contributed by atoms with Gasteiger partial charge in [0.05, 0.1) is 6.61 Å². The molecule has 0 aliphatic rings. The second-order valence-corrected chi connectivity index (χ2v) is 3.96. The summed E-state index contributed by atoms with van der Waals surface area (Å²) in [5.74, 6) is 0. The molecule has 0 aromatic carbocycles. The minimum absolute atomic E-state index is 0.167. The van der Waals surface area contributed by atoms with Crippen molar-refractivity contribution in [2.45, 2.75) is 46.2 Å². The lowest BCUT2D eigenvalue weighted by molar-refractivity contribution is 0.133. The molecule has 16 heavy (non-hydrogen) atoms. The molecule has 0 saturated carbocycles. The standard InChI is InChI=1S/C11H21N3O2/c1-4-10(5-2)14(6-7-15)8-11-9(3)12-16-13-11/h10,15H,4-8H2,1-3H3. The summed E-state index contributed by atoms with van der Waals surface area (Å²) in [5.41, 5.74) is 1.69. The van der Waals surface area contributed by atoms with E-state index in [0.717, 1.165) is 24.2 Å². The highest BCUT2D eigenvalue weighted by molar-refractivity contribution is 5.04. The van der Waals surface area contributed by atoms with Crippen molar-refractivity contribution < 1.29 is 9.74 Å². The summed E-state index contributed by atoms with van der Waals surface area (Å²) < 4.78 is 4.68. The number of nitrogens with zero attached hydrogens (tertiary/aromatic N) is 3. The average molecular weight is 227 g/mol. The van der Waals surface area contributed by atoms with Crippen molar-refractivity contribution in [2.75, 3.05) is 13.2 Å². The Morgan fingerprint density at radius 3 is 2.44 bits per heavy atom. The van der Waals surface area contributed by atoms with Gasteiger partial charge in [0.15, 0.2) is 0 Å². The van der Waals surface area contributed by atoms with E-state index < -0.39 is 0 Å². The van der Waals surface area contributed by atoms with E-state index in [0.29, 0.717) is 19.1 Å². The third-order valence-corrected chi connectivity index (χ3v) is 2.95. The fraction of sp³-hybridized carbons (Fsp3) is 0.818. The van der Waals surface area contributed by atoms with Crippen LogP contribution in [0, 0.1) is 6.92 Å². The van der Waals surface area contributed by atoms with E-state index in [4.69, 9.17) is 5.11 Å². The van der Waals surface area contributed by atoms with Crippen LogP contribution >= 0.6 is 0 Å². The van der Waals surface area contributed by atoms with Gasteiger partial charge < -0.3 is 5.11 Å². The van der Waals surface area contributed by atoms with Gasteiger partial charge in [-0.25, -0.2) is 4.63 Å². The van der Waals surface area contributed by atoms with Gasteiger partial charge in [-0.1, -0.05) is 24.2 Å². The van der Waals surface area contributed by atoms with Crippen molar-refractivity contribution in [1.29, 1.82) is 0 Å². The molecule has 92 valence electrons. The molecule has 1 rings (SSSR count). The number of rotatable bonds is 7. The van der Waals surface area contributed by atoms with Gasteiger partial charge in [-0.2, -0.15) is 0 Å².